The highest BCUT2D eigenvalue weighted by Crippen LogP contribution is 2.57. The number of benzene rings is 10. The van der Waals surface area contributed by atoms with Crippen molar-refractivity contribution in [2.45, 2.75) is 51.4 Å². The summed E-state index contributed by atoms with van der Waals surface area (Å²) in [5.74, 6) is 0. The summed E-state index contributed by atoms with van der Waals surface area (Å²) in [6.45, 7) is 8.34. The van der Waals surface area contributed by atoms with Crippen molar-refractivity contribution in [3.63, 3.8) is 0 Å². The van der Waals surface area contributed by atoms with E-state index < -0.39 is 0 Å². The van der Waals surface area contributed by atoms with E-state index in [0.29, 0.717) is 0 Å². The Balaban J connectivity index is 0.000000128. The third kappa shape index (κ3) is 9.39. The molecule has 0 bridgehead atoms. The minimum absolute atomic E-state index is 0.254. The molecule has 0 amide bonds. The predicted octanol–water partition coefficient (Wildman–Crippen LogP) is 18.1. The van der Waals surface area contributed by atoms with Gasteiger partial charge in [-0.2, -0.15) is 0 Å². The molecular weight excluding hydrogens is 867 g/mol. The lowest BCUT2D eigenvalue weighted by Gasteiger charge is -2.34. The van der Waals surface area contributed by atoms with Crippen LogP contribution in [0.2, 0.25) is 0 Å². The Kier molecular flexibility index (Phi) is 15.3. The molecule has 0 saturated heterocycles. The molecule has 0 saturated carbocycles. The zero-order valence-corrected chi connectivity index (χ0v) is 42.4. The molecule has 0 unspecified atom stereocenters. The maximum Gasteiger partial charge on any atom is 0.0713 e. The highest BCUT2D eigenvalue weighted by molar-refractivity contribution is 5.87. The van der Waals surface area contributed by atoms with Gasteiger partial charge in [-0.15, -0.1) is 0 Å². The summed E-state index contributed by atoms with van der Waals surface area (Å²) in [5, 5.41) is 3.03. The van der Waals surface area contributed by atoms with Gasteiger partial charge in [-0.05, 0) is 117 Å². The lowest BCUT2D eigenvalue weighted by Crippen LogP contribution is -2.28. The number of hydrogen-bond acceptors (Lipinski definition) is 1. The summed E-state index contributed by atoms with van der Waals surface area (Å²) < 4.78 is 0. The minimum atomic E-state index is -0.263. The molecule has 1 nitrogen and oxygen atoms in total. The van der Waals surface area contributed by atoms with Crippen molar-refractivity contribution < 1.29 is 0 Å². The second-order valence-electron chi connectivity index (χ2n) is 18.4. The number of hydrogen-bond donors (Lipinski definition) is 1. The van der Waals surface area contributed by atoms with Crippen LogP contribution in [0.5, 0.6) is 0 Å². The Bertz CT molecular complexity index is 3230. The smallest absolute Gasteiger partial charge is 0.0713 e. The summed E-state index contributed by atoms with van der Waals surface area (Å²) in [6, 6.07) is 93.8. The second kappa shape index (κ2) is 22.7. The van der Waals surface area contributed by atoms with E-state index >= 15 is 0 Å². The van der Waals surface area contributed by atoms with Gasteiger partial charge in [-0.1, -0.05) is 286 Å². The van der Waals surface area contributed by atoms with E-state index in [2.05, 4.69) is 262 Å². The molecule has 13 rings (SSSR count). The minimum Gasteiger partial charge on any atom is -0.388 e. The predicted molar refractivity (Wildman–Crippen MR) is 308 cm³/mol. The number of para-hydroxylation sites is 1. The molecular formula is C71H65N. The number of rotatable bonds is 5. The second-order valence-corrected chi connectivity index (χ2v) is 18.4. The Morgan fingerprint density at radius 2 is 0.694 bits per heavy atom. The maximum atomic E-state index is 3.03. The average Bonchev–Trinajstić information content (AvgIpc) is 3.93. The lowest BCUT2D eigenvalue weighted by atomic mass is 9.67. The van der Waals surface area contributed by atoms with Crippen molar-refractivity contribution in [1.29, 1.82) is 0 Å². The summed E-state index contributed by atoms with van der Waals surface area (Å²) in [6.07, 6.45) is 6.89. The third-order valence-corrected chi connectivity index (χ3v) is 14.2. The molecule has 0 heterocycles. The van der Waals surface area contributed by atoms with Crippen molar-refractivity contribution in [2.75, 3.05) is 12.4 Å². The first-order valence-corrected chi connectivity index (χ1v) is 25.6. The Morgan fingerprint density at radius 3 is 1.11 bits per heavy atom. The SMILES string of the molecule is CC.CNc1ccccc1.Cc1ccc2c(c1)C(c1ccccc1)(c1ccccc1)c1ccccc1-2.Cc1ccc2c(c1)CCC=C2.c1ccc(C2(c3ccccc3)c3ccccc3-c3ccccc32)cc1. The molecule has 72 heavy (non-hydrogen) atoms. The van der Waals surface area contributed by atoms with Crippen molar-refractivity contribution in [3.05, 3.63) is 334 Å². The number of anilines is 1. The number of allylic oxidation sites excluding steroid dienone is 1. The van der Waals surface area contributed by atoms with Crippen LogP contribution in [0.4, 0.5) is 5.69 Å². The van der Waals surface area contributed by atoms with Gasteiger partial charge < -0.3 is 5.32 Å². The molecule has 1 N–H and O–H groups in total. The van der Waals surface area contributed by atoms with E-state index in [0.717, 1.165) is 5.69 Å². The normalized spacial score (nSPS) is 13.1. The van der Waals surface area contributed by atoms with Crippen molar-refractivity contribution in [1.82, 2.24) is 0 Å². The van der Waals surface area contributed by atoms with Crippen molar-refractivity contribution in [2.24, 2.45) is 0 Å². The van der Waals surface area contributed by atoms with Crippen molar-refractivity contribution in [3.8, 4) is 22.3 Å². The summed E-state index contributed by atoms with van der Waals surface area (Å²) in [7, 11) is 1.91. The van der Waals surface area contributed by atoms with Gasteiger partial charge in [0.25, 0.3) is 0 Å². The van der Waals surface area contributed by atoms with Gasteiger partial charge in [-0.25, -0.2) is 0 Å². The van der Waals surface area contributed by atoms with E-state index in [9.17, 15) is 0 Å². The van der Waals surface area contributed by atoms with E-state index in [1.165, 1.54) is 102 Å². The fraction of sp³-hybridized carbons (Fsp3) is 0.127. The van der Waals surface area contributed by atoms with E-state index in [1.807, 2.05) is 51.2 Å². The molecule has 354 valence electrons. The molecule has 0 fully saturated rings. The first-order valence-electron chi connectivity index (χ1n) is 25.6. The molecule has 10 aromatic carbocycles. The highest BCUT2D eigenvalue weighted by atomic mass is 14.8. The quantitative estimate of drug-likeness (QED) is 0.181. The number of nitrogens with one attached hydrogen (secondary N) is 1. The molecule has 3 aliphatic rings. The van der Waals surface area contributed by atoms with Crippen molar-refractivity contribution >= 4 is 11.8 Å². The fourth-order valence-corrected chi connectivity index (χ4v) is 11.1. The highest BCUT2D eigenvalue weighted by Gasteiger charge is 2.47. The summed E-state index contributed by atoms with van der Waals surface area (Å²) in [5.41, 5.74) is 22.4. The van der Waals surface area contributed by atoms with Gasteiger partial charge in [0.2, 0.25) is 0 Å². The first-order chi connectivity index (χ1) is 35.5. The van der Waals surface area contributed by atoms with Crippen LogP contribution in [0.3, 0.4) is 0 Å². The van der Waals surface area contributed by atoms with E-state index in [1.54, 1.807) is 0 Å². The summed E-state index contributed by atoms with van der Waals surface area (Å²) >= 11 is 0. The van der Waals surface area contributed by atoms with Crippen LogP contribution in [0, 0.1) is 13.8 Å². The molecule has 10 aromatic rings. The van der Waals surface area contributed by atoms with Crippen LogP contribution in [0.15, 0.2) is 267 Å². The summed E-state index contributed by atoms with van der Waals surface area (Å²) in [4.78, 5) is 0. The largest absolute Gasteiger partial charge is 0.388 e. The fourth-order valence-electron chi connectivity index (χ4n) is 11.1. The lowest BCUT2D eigenvalue weighted by molar-refractivity contribution is 0.767. The molecule has 3 aliphatic carbocycles. The van der Waals surface area contributed by atoms with Gasteiger partial charge >= 0.3 is 0 Å². The topological polar surface area (TPSA) is 12.0 Å². The van der Waals surface area contributed by atoms with Gasteiger partial charge in [0.15, 0.2) is 0 Å². The van der Waals surface area contributed by atoms with Gasteiger partial charge in [-0.3, -0.25) is 0 Å². The van der Waals surface area contributed by atoms with Crippen LogP contribution in [-0.2, 0) is 17.3 Å². The third-order valence-electron chi connectivity index (χ3n) is 14.2. The van der Waals surface area contributed by atoms with Gasteiger partial charge in [0, 0.05) is 12.7 Å². The zero-order valence-electron chi connectivity index (χ0n) is 42.4. The molecule has 0 spiro atoms. The molecule has 0 atom stereocenters. The number of fused-ring (bicyclic) bond motifs is 7. The van der Waals surface area contributed by atoms with Gasteiger partial charge in [0.05, 0.1) is 10.8 Å². The zero-order chi connectivity index (χ0) is 49.8. The van der Waals surface area contributed by atoms with E-state index in [4.69, 9.17) is 0 Å². The first kappa shape index (κ1) is 48.8. The van der Waals surface area contributed by atoms with Gasteiger partial charge in [0.1, 0.15) is 0 Å². The maximum absolute atomic E-state index is 3.03. The molecule has 0 aliphatic heterocycles. The monoisotopic (exact) mass is 932 g/mol. The average molecular weight is 932 g/mol. The Labute approximate surface area is 429 Å². The Hall–Kier alpha value is -8.26. The van der Waals surface area contributed by atoms with Crippen LogP contribution in [0.1, 0.15) is 87.0 Å². The van der Waals surface area contributed by atoms with E-state index in [-0.39, 0.29) is 10.8 Å². The molecule has 1 heteroatoms. The Morgan fingerprint density at radius 1 is 0.347 bits per heavy atom. The van der Waals surface area contributed by atoms with Crippen LogP contribution in [0.25, 0.3) is 28.3 Å². The van der Waals surface area contributed by atoms with Crippen LogP contribution in [-0.4, -0.2) is 7.05 Å². The van der Waals surface area contributed by atoms with Crippen LogP contribution < -0.4 is 5.32 Å². The molecule has 0 radical (unpaired) electrons. The van der Waals surface area contributed by atoms with Crippen LogP contribution >= 0.6 is 0 Å². The number of aryl methyl sites for hydroxylation is 3. The molecule has 0 aromatic heterocycles. The standard InChI is InChI=1S/C26H20.C25H18.C11H12.C7H9N.C2H6/c1-19-16-17-23-22-14-8-9-15-24(22)26(25(23)18-19,20-10-4-2-5-11-20)21-12-6-3-7-13-21;1-3-11-19(12-4-1)25(20-13-5-2-6-14-20)23-17-9-7-15-21(23)22-16-8-10-18-24(22)25;1-9-6-7-10-4-2-3-5-11(10)8-9;1-8-7-5-3-2-4-6-7;1-2/h2-18H,1H3;1-18H;2,4,6-8H,3,5H2,1H3;2-6,8H,1H3;1-2H3.